The van der Waals surface area contributed by atoms with Crippen LogP contribution in [0.25, 0.3) is 10.8 Å². The number of anilines is 1. The van der Waals surface area contributed by atoms with Crippen LogP contribution < -0.4 is 10.1 Å². The van der Waals surface area contributed by atoms with Gasteiger partial charge >= 0.3 is 0 Å². The fraction of sp³-hybridized carbons (Fsp3) is 0.115. The number of fused-ring (bicyclic) bond motifs is 1. The van der Waals surface area contributed by atoms with E-state index in [9.17, 15) is 22.9 Å². The summed E-state index contributed by atoms with van der Waals surface area (Å²) < 4.78 is 37.8. The highest BCUT2D eigenvalue weighted by molar-refractivity contribution is 7.86. The topological polar surface area (TPSA) is 138 Å². The summed E-state index contributed by atoms with van der Waals surface area (Å²) in [6.07, 6.45) is 0.366. The highest BCUT2D eigenvalue weighted by Gasteiger charge is 2.20. The number of methoxy groups -OCH3 is 1. The van der Waals surface area contributed by atoms with E-state index in [1.54, 1.807) is 61.5 Å². The molecule has 4 aromatic carbocycles. The van der Waals surface area contributed by atoms with Crippen LogP contribution in [-0.2, 0) is 16.5 Å². The zero-order chi connectivity index (χ0) is 26.7. The quantitative estimate of drug-likeness (QED) is 0.177. The second-order valence-corrected chi connectivity index (χ2v) is 9.76. The number of carbonyl (C=O) groups excluding carboxylic acids is 1. The van der Waals surface area contributed by atoms with Gasteiger partial charge in [-0.2, -0.15) is 13.5 Å². The van der Waals surface area contributed by atoms with Gasteiger partial charge in [0, 0.05) is 11.1 Å². The molecule has 0 radical (unpaired) electrons. The van der Waals surface area contributed by atoms with Crippen LogP contribution in [0, 0.1) is 0 Å². The van der Waals surface area contributed by atoms with Crippen LogP contribution >= 0.6 is 11.6 Å². The molecule has 0 saturated heterocycles. The average Bonchev–Trinajstić information content (AvgIpc) is 2.87. The summed E-state index contributed by atoms with van der Waals surface area (Å²) in [5, 5.41) is 23.2. The van der Waals surface area contributed by atoms with Crippen molar-refractivity contribution in [3.05, 3.63) is 82.9 Å². The van der Waals surface area contributed by atoms with Gasteiger partial charge in [0.15, 0.2) is 5.75 Å². The lowest BCUT2D eigenvalue weighted by Gasteiger charge is -2.12. The molecule has 0 spiro atoms. The number of ether oxygens (including phenoxy) is 1. The first-order valence-electron chi connectivity index (χ1n) is 11.0. The van der Waals surface area contributed by atoms with Crippen LogP contribution in [0.15, 0.2) is 81.9 Å². The highest BCUT2D eigenvalue weighted by atomic mass is 35.5. The summed E-state index contributed by atoms with van der Waals surface area (Å²) in [5.41, 5.74) is 1.24. The van der Waals surface area contributed by atoms with Crippen molar-refractivity contribution in [2.24, 2.45) is 10.2 Å². The lowest BCUT2D eigenvalue weighted by atomic mass is 10.0. The fourth-order valence-corrected chi connectivity index (χ4v) is 4.77. The number of halogens is 1. The van der Waals surface area contributed by atoms with E-state index in [1.165, 1.54) is 19.2 Å². The highest BCUT2D eigenvalue weighted by Crippen LogP contribution is 2.40. The maximum absolute atomic E-state index is 13.1. The van der Waals surface area contributed by atoms with Crippen LogP contribution in [-0.4, -0.2) is 31.1 Å². The van der Waals surface area contributed by atoms with Gasteiger partial charge in [0.05, 0.1) is 23.4 Å². The number of carbonyl (C=O) groups is 1. The van der Waals surface area contributed by atoms with E-state index >= 15 is 0 Å². The van der Waals surface area contributed by atoms with Crippen molar-refractivity contribution in [1.29, 1.82) is 0 Å². The van der Waals surface area contributed by atoms with Gasteiger partial charge in [0.25, 0.3) is 16.0 Å². The molecule has 0 bridgehead atoms. The molecule has 190 valence electrons. The Bertz CT molecular complexity index is 1640. The van der Waals surface area contributed by atoms with Gasteiger partial charge in [0.2, 0.25) is 0 Å². The number of rotatable bonds is 7. The molecule has 11 heteroatoms. The van der Waals surface area contributed by atoms with Gasteiger partial charge in [-0.3, -0.25) is 9.35 Å². The second-order valence-electron chi connectivity index (χ2n) is 7.97. The number of phenols is 1. The Balaban J connectivity index is 1.78. The van der Waals surface area contributed by atoms with E-state index in [0.29, 0.717) is 34.2 Å². The molecule has 0 saturated carbocycles. The summed E-state index contributed by atoms with van der Waals surface area (Å²) >= 11 is 6.06. The second kappa shape index (κ2) is 10.6. The molecule has 0 aromatic heterocycles. The van der Waals surface area contributed by atoms with Crippen molar-refractivity contribution in [2.75, 3.05) is 12.4 Å². The Morgan fingerprint density at radius 1 is 1.05 bits per heavy atom. The van der Waals surface area contributed by atoms with E-state index in [2.05, 4.69) is 15.5 Å². The summed E-state index contributed by atoms with van der Waals surface area (Å²) in [6, 6.07) is 17.8. The zero-order valence-corrected chi connectivity index (χ0v) is 21.3. The molecule has 0 aliphatic heterocycles. The Morgan fingerprint density at radius 3 is 2.41 bits per heavy atom. The first kappa shape index (κ1) is 26.1. The van der Waals surface area contributed by atoms with Gasteiger partial charge < -0.3 is 15.2 Å². The monoisotopic (exact) mass is 539 g/mol. The molecule has 37 heavy (non-hydrogen) atoms. The van der Waals surface area contributed by atoms with Crippen molar-refractivity contribution in [3.8, 4) is 11.5 Å². The first-order chi connectivity index (χ1) is 17.6. The maximum atomic E-state index is 13.1. The van der Waals surface area contributed by atoms with Gasteiger partial charge in [0.1, 0.15) is 16.3 Å². The number of aromatic hydroxyl groups is 1. The minimum Gasteiger partial charge on any atom is -0.505 e. The van der Waals surface area contributed by atoms with E-state index in [4.69, 9.17) is 16.3 Å². The first-order valence-corrected chi connectivity index (χ1v) is 12.9. The minimum absolute atomic E-state index is 0.0149. The molecule has 0 atom stereocenters. The van der Waals surface area contributed by atoms with E-state index in [1.807, 2.05) is 0 Å². The Hall–Kier alpha value is -3.99. The number of phenolic OH excluding ortho intramolecular Hbond substituents is 1. The SMILES string of the molecule is CCc1cc(S(=O)(=O)O)c(Cl)cc1N=Nc1c(O)c(C(=O)Nc2ccc(OC)cc2)cc2ccccc12. The number of nitrogens with zero attached hydrogens (tertiary/aromatic N) is 2. The number of hydrogen-bond donors (Lipinski definition) is 3. The summed E-state index contributed by atoms with van der Waals surface area (Å²) in [5.74, 6) is -0.308. The number of amides is 1. The fourth-order valence-electron chi connectivity index (χ4n) is 3.73. The Kier molecular flexibility index (Phi) is 7.44. The normalized spacial score (nSPS) is 11.7. The average molecular weight is 540 g/mol. The van der Waals surface area contributed by atoms with Crippen LogP contribution in [0.5, 0.6) is 11.5 Å². The Labute approximate surface area is 218 Å². The molecular formula is C26H22ClN3O6S. The predicted molar refractivity (Wildman–Crippen MR) is 141 cm³/mol. The molecule has 0 aliphatic rings. The van der Waals surface area contributed by atoms with Crippen LogP contribution in [0.1, 0.15) is 22.8 Å². The predicted octanol–water partition coefficient (Wildman–Crippen LogP) is 6.68. The lowest BCUT2D eigenvalue weighted by Crippen LogP contribution is -2.12. The third-order valence-electron chi connectivity index (χ3n) is 5.64. The van der Waals surface area contributed by atoms with Crippen molar-refractivity contribution >= 4 is 55.5 Å². The third kappa shape index (κ3) is 5.56. The number of hydrogen-bond acceptors (Lipinski definition) is 7. The van der Waals surface area contributed by atoms with Crippen molar-refractivity contribution < 1.29 is 27.6 Å². The van der Waals surface area contributed by atoms with Gasteiger partial charge in [-0.05, 0) is 59.8 Å². The van der Waals surface area contributed by atoms with Gasteiger partial charge in [-0.25, -0.2) is 0 Å². The molecular weight excluding hydrogens is 518 g/mol. The van der Waals surface area contributed by atoms with E-state index < -0.39 is 20.9 Å². The van der Waals surface area contributed by atoms with Crippen molar-refractivity contribution in [3.63, 3.8) is 0 Å². The van der Waals surface area contributed by atoms with Gasteiger partial charge in [-0.15, -0.1) is 5.11 Å². The minimum atomic E-state index is -4.53. The summed E-state index contributed by atoms with van der Waals surface area (Å²) in [7, 11) is -2.99. The maximum Gasteiger partial charge on any atom is 0.296 e. The van der Waals surface area contributed by atoms with Crippen molar-refractivity contribution in [1.82, 2.24) is 0 Å². The standard InChI is InChI=1S/C26H22ClN3O6S/c1-3-15-13-23(37(33,34)35)21(27)14-22(15)29-30-24-19-7-5-4-6-16(19)12-20(25(24)31)26(32)28-17-8-10-18(36-2)11-9-17/h4-14,31H,3H2,1-2H3,(H,28,32)(H,33,34,35). The van der Waals surface area contributed by atoms with E-state index in [-0.39, 0.29) is 27.7 Å². The molecule has 0 unspecified atom stereocenters. The number of benzene rings is 4. The van der Waals surface area contributed by atoms with E-state index in [0.717, 1.165) is 0 Å². The molecule has 4 aromatic rings. The number of azo groups is 1. The molecule has 9 nitrogen and oxygen atoms in total. The van der Waals surface area contributed by atoms with Crippen LogP contribution in [0.2, 0.25) is 5.02 Å². The van der Waals surface area contributed by atoms with Crippen LogP contribution in [0.4, 0.5) is 17.1 Å². The van der Waals surface area contributed by atoms with Crippen LogP contribution in [0.3, 0.4) is 0 Å². The lowest BCUT2D eigenvalue weighted by molar-refractivity contribution is 0.102. The van der Waals surface area contributed by atoms with Crippen molar-refractivity contribution in [2.45, 2.75) is 18.2 Å². The number of nitrogens with one attached hydrogen (secondary N) is 1. The Morgan fingerprint density at radius 2 is 1.76 bits per heavy atom. The largest absolute Gasteiger partial charge is 0.505 e. The molecule has 3 N–H and O–H groups in total. The summed E-state index contributed by atoms with van der Waals surface area (Å²) in [6.45, 7) is 1.77. The molecule has 1 amide bonds. The summed E-state index contributed by atoms with van der Waals surface area (Å²) in [4.78, 5) is 12.6. The molecule has 4 rings (SSSR count). The third-order valence-corrected chi connectivity index (χ3v) is 6.96. The zero-order valence-electron chi connectivity index (χ0n) is 19.8. The smallest absolute Gasteiger partial charge is 0.296 e. The van der Waals surface area contributed by atoms with Gasteiger partial charge in [-0.1, -0.05) is 42.8 Å². The molecule has 0 heterocycles. The molecule has 0 fully saturated rings. The molecule has 0 aliphatic carbocycles. The number of aryl methyl sites for hydroxylation is 1.